The Bertz CT molecular complexity index is 190. The van der Waals surface area contributed by atoms with E-state index >= 15 is 0 Å². The van der Waals surface area contributed by atoms with Crippen molar-refractivity contribution in [3.8, 4) is 0 Å². The van der Waals surface area contributed by atoms with E-state index in [1.54, 1.807) is 0 Å². The second-order valence-corrected chi connectivity index (χ2v) is 6.09. The predicted octanol–water partition coefficient (Wildman–Crippen LogP) is 1.76. The highest BCUT2D eigenvalue weighted by atomic mass is 32.2. The summed E-state index contributed by atoms with van der Waals surface area (Å²) in [5, 5.41) is 11.1. The fraction of sp³-hybridized carbons (Fsp3) is 1.00. The van der Waals surface area contributed by atoms with Gasteiger partial charge in [-0.25, -0.2) is 0 Å². The predicted molar refractivity (Wildman–Crippen MR) is 61.4 cm³/mol. The quantitative estimate of drug-likeness (QED) is 0.734. The largest absolute Gasteiger partial charge is 0.387 e. The van der Waals surface area contributed by atoms with Gasteiger partial charge >= 0.3 is 0 Å². The van der Waals surface area contributed by atoms with Gasteiger partial charge in [-0.2, -0.15) is 11.8 Å². The van der Waals surface area contributed by atoms with Gasteiger partial charge in [0.2, 0.25) is 0 Å². The minimum atomic E-state index is -0.548. The van der Waals surface area contributed by atoms with Crippen molar-refractivity contribution in [3.05, 3.63) is 0 Å². The average molecular weight is 215 g/mol. The van der Waals surface area contributed by atoms with Crippen molar-refractivity contribution in [3.63, 3.8) is 0 Å². The molecule has 2 nitrogen and oxygen atoms in total. The molecule has 0 radical (unpaired) electrons. The standard InChI is InChI=1S/C11H21NOS/c12-7-11(13,9-5-6-9)8-14-10-3-1-2-4-10/h9-10,13H,1-8,12H2. The van der Waals surface area contributed by atoms with Crippen LogP contribution in [0.25, 0.3) is 0 Å². The second-order valence-electron chi connectivity index (χ2n) is 4.80. The lowest BCUT2D eigenvalue weighted by atomic mass is 10.0. The van der Waals surface area contributed by atoms with E-state index in [1.165, 1.54) is 38.5 Å². The lowest BCUT2D eigenvalue weighted by molar-refractivity contribution is 0.0509. The molecule has 0 aromatic rings. The highest BCUT2D eigenvalue weighted by Crippen LogP contribution is 2.42. The molecule has 2 saturated carbocycles. The third-order valence-electron chi connectivity index (χ3n) is 3.56. The third kappa shape index (κ3) is 2.44. The first kappa shape index (κ1) is 10.8. The minimum absolute atomic E-state index is 0.442. The van der Waals surface area contributed by atoms with Gasteiger partial charge in [0.05, 0.1) is 5.60 Å². The Hall–Kier alpha value is 0.270. The van der Waals surface area contributed by atoms with Crippen LogP contribution in [0.1, 0.15) is 38.5 Å². The van der Waals surface area contributed by atoms with Crippen molar-refractivity contribution in [1.29, 1.82) is 0 Å². The molecule has 1 unspecified atom stereocenters. The van der Waals surface area contributed by atoms with Crippen LogP contribution >= 0.6 is 11.8 Å². The molecule has 2 aliphatic rings. The molecule has 1 atom stereocenters. The van der Waals surface area contributed by atoms with Gasteiger partial charge in [-0.1, -0.05) is 12.8 Å². The van der Waals surface area contributed by atoms with Crippen molar-refractivity contribution < 1.29 is 5.11 Å². The number of rotatable bonds is 5. The molecule has 2 rings (SSSR count). The smallest absolute Gasteiger partial charge is 0.0887 e. The summed E-state index contributed by atoms with van der Waals surface area (Å²) in [7, 11) is 0. The lowest BCUT2D eigenvalue weighted by Crippen LogP contribution is -2.43. The highest BCUT2D eigenvalue weighted by molar-refractivity contribution is 8.00. The minimum Gasteiger partial charge on any atom is -0.387 e. The van der Waals surface area contributed by atoms with E-state index in [1.807, 2.05) is 11.8 Å². The Morgan fingerprint density at radius 3 is 2.36 bits per heavy atom. The summed E-state index contributed by atoms with van der Waals surface area (Å²) in [5.74, 6) is 1.36. The van der Waals surface area contributed by atoms with Crippen LogP contribution in [-0.4, -0.2) is 28.3 Å². The van der Waals surface area contributed by atoms with Crippen LogP contribution in [0.4, 0.5) is 0 Å². The number of nitrogens with two attached hydrogens (primary N) is 1. The molecule has 14 heavy (non-hydrogen) atoms. The van der Waals surface area contributed by atoms with E-state index in [-0.39, 0.29) is 0 Å². The Kier molecular flexibility index (Phi) is 3.40. The first-order valence-corrected chi connectivity index (χ1v) is 6.83. The van der Waals surface area contributed by atoms with E-state index in [0.29, 0.717) is 12.5 Å². The zero-order chi connectivity index (χ0) is 10.0. The molecular formula is C11H21NOS. The first-order chi connectivity index (χ1) is 6.74. The van der Waals surface area contributed by atoms with Gasteiger partial charge in [0, 0.05) is 17.5 Å². The molecule has 2 fully saturated rings. The van der Waals surface area contributed by atoms with Crippen LogP contribution in [0.5, 0.6) is 0 Å². The molecule has 0 aromatic carbocycles. The van der Waals surface area contributed by atoms with Crippen LogP contribution < -0.4 is 5.73 Å². The maximum Gasteiger partial charge on any atom is 0.0887 e. The summed E-state index contributed by atoms with van der Waals surface area (Å²) in [6, 6.07) is 0. The van der Waals surface area contributed by atoms with Gasteiger partial charge in [0.15, 0.2) is 0 Å². The summed E-state index contributed by atoms with van der Waals surface area (Å²) in [6.07, 6.45) is 7.80. The van der Waals surface area contributed by atoms with Gasteiger partial charge in [-0.3, -0.25) is 0 Å². The van der Waals surface area contributed by atoms with E-state index in [2.05, 4.69) is 0 Å². The number of hydrogen-bond acceptors (Lipinski definition) is 3. The highest BCUT2D eigenvalue weighted by Gasteiger charge is 2.43. The molecule has 0 spiro atoms. The van der Waals surface area contributed by atoms with Crippen LogP contribution in [0.3, 0.4) is 0 Å². The summed E-state index contributed by atoms with van der Waals surface area (Å²) in [4.78, 5) is 0. The molecule has 3 N–H and O–H groups in total. The molecule has 0 bridgehead atoms. The van der Waals surface area contributed by atoms with Crippen LogP contribution in [0, 0.1) is 5.92 Å². The molecule has 0 aliphatic heterocycles. The number of hydrogen-bond donors (Lipinski definition) is 2. The van der Waals surface area contributed by atoms with Crippen molar-refractivity contribution in [2.24, 2.45) is 11.7 Å². The number of thioether (sulfide) groups is 1. The third-order valence-corrected chi connectivity index (χ3v) is 5.17. The fourth-order valence-electron chi connectivity index (χ4n) is 2.28. The normalized spacial score (nSPS) is 27.9. The second kappa shape index (κ2) is 4.42. The molecule has 0 saturated heterocycles. The topological polar surface area (TPSA) is 46.2 Å². The summed E-state index contributed by atoms with van der Waals surface area (Å²) in [6.45, 7) is 0.442. The van der Waals surface area contributed by atoms with E-state index in [9.17, 15) is 5.11 Å². The monoisotopic (exact) mass is 215 g/mol. The summed E-state index contributed by atoms with van der Waals surface area (Å²) in [5.41, 5.74) is 5.12. The maximum atomic E-state index is 10.3. The van der Waals surface area contributed by atoms with Crippen molar-refractivity contribution in [2.45, 2.75) is 49.4 Å². The molecule has 0 heterocycles. The Morgan fingerprint density at radius 1 is 1.21 bits per heavy atom. The molecule has 0 aromatic heterocycles. The molecule has 0 amide bonds. The van der Waals surface area contributed by atoms with E-state index < -0.39 is 5.60 Å². The summed E-state index contributed by atoms with van der Waals surface area (Å²) >= 11 is 1.95. The van der Waals surface area contributed by atoms with Gasteiger partial charge in [-0.05, 0) is 31.6 Å². The van der Waals surface area contributed by atoms with Crippen molar-refractivity contribution in [2.75, 3.05) is 12.3 Å². The first-order valence-electron chi connectivity index (χ1n) is 5.79. The van der Waals surface area contributed by atoms with Crippen molar-refractivity contribution >= 4 is 11.8 Å². The van der Waals surface area contributed by atoms with Crippen LogP contribution in [0.2, 0.25) is 0 Å². The van der Waals surface area contributed by atoms with Gasteiger partial charge in [0.1, 0.15) is 0 Å². The Morgan fingerprint density at radius 2 is 1.86 bits per heavy atom. The van der Waals surface area contributed by atoms with Crippen LogP contribution in [0.15, 0.2) is 0 Å². The molecular weight excluding hydrogens is 194 g/mol. The Labute approximate surface area is 90.6 Å². The van der Waals surface area contributed by atoms with Crippen molar-refractivity contribution in [1.82, 2.24) is 0 Å². The SMILES string of the molecule is NCC(O)(CSC1CCCC1)C1CC1. The lowest BCUT2D eigenvalue weighted by Gasteiger charge is -2.27. The molecule has 3 heteroatoms. The molecule has 2 aliphatic carbocycles. The van der Waals surface area contributed by atoms with Crippen LogP contribution in [-0.2, 0) is 0 Å². The average Bonchev–Trinajstić information content (AvgIpc) is 2.94. The zero-order valence-corrected chi connectivity index (χ0v) is 9.56. The van der Waals surface area contributed by atoms with Gasteiger partial charge in [0.25, 0.3) is 0 Å². The summed E-state index contributed by atoms with van der Waals surface area (Å²) < 4.78 is 0. The Balaban J connectivity index is 1.76. The number of aliphatic hydroxyl groups is 1. The fourth-order valence-corrected chi connectivity index (χ4v) is 3.83. The zero-order valence-electron chi connectivity index (χ0n) is 8.74. The van der Waals surface area contributed by atoms with Gasteiger partial charge in [-0.15, -0.1) is 0 Å². The van der Waals surface area contributed by atoms with E-state index in [4.69, 9.17) is 5.73 Å². The maximum absolute atomic E-state index is 10.3. The molecule has 82 valence electrons. The van der Waals surface area contributed by atoms with Gasteiger partial charge < -0.3 is 10.8 Å². The van der Waals surface area contributed by atoms with E-state index in [0.717, 1.165) is 11.0 Å².